The molecular formula is C35H66N2O8. The highest BCUT2D eigenvalue weighted by Crippen LogP contribution is 2.27. The van der Waals surface area contributed by atoms with Crippen molar-refractivity contribution in [3.05, 3.63) is 12.3 Å². The van der Waals surface area contributed by atoms with Gasteiger partial charge in [0.2, 0.25) is 0 Å². The van der Waals surface area contributed by atoms with Crippen molar-refractivity contribution in [2.24, 2.45) is 0 Å². The highest BCUT2D eigenvalue weighted by Gasteiger charge is 2.38. The fourth-order valence-electron chi connectivity index (χ4n) is 4.46. The van der Waals surface area contributed by atoms with Crippen LogP contribution in [0.4, 0.5) is 9.59 Å². The van der Waals surface area contributed by atoms with Gasteiger partial charge < -0.3 is 24.2 Å². The maximum atomic E-state index is 12.3. The molecule has 2 saturated heterocycles. The molecule has 0 saturated carbocycles. The number of hydrogen-bond donors (Lipinski definition) is 1. The van der Waals surface area contributed by atoms with Gasteiger partial charge in [0.25, 0.3) is 0 Å². The van der Waals surface area contributed by atoms with Crippen LogP contribution in [0, 0.1) is 0 Å². The van der Waals surface area contributed by atoms with Crippen LogP contribution in [0.15, 0.2) is 12.3 Å². The van der Waals surface area contributed by atoms with Crippen molar-refractivity contribution in [3.8, 4) is 0 Å². The number of aliphatic hydroxyl groups is 1. The summed E-state index contributed by atoms with van der Waals surface area (Å²) in [5, 5.41) is 7.57. The van der Waals surface area contributed by atoms with Crippen LogP contribution < -0.4 is 0 Å². The van der Waals surface area contributed by atoms with Gasteiger partial charge in [-0.2, -0.15) is 0 Å². The minimum Gasteiger partial charge on any atom is -0.444 e. The van der Waals surface area contributed by atoms with Gasteiger partial charge in [-0.1, -0.05) is 41.0 Å². The van der Waals surface area contributed by atoms with Gasteiger partial charge in [-0.25, -0.2) is 9.59 Å². The van der Waals surface area contributed by atoms with E-state index in [0.29, 0.717) is 19.3 Å². The average Bonchev–Trinajstić information content (AvgIpc) is 3.52. The lowest BCUT2D eigenvalue weighted by Gasteiger charge is -2.41. The summed E-state index contributed by atoms with van der Waals surface area (Å²) < 4.78 is 15.7. The molecule has 3 heterocycles. The molecular weight excluding hydrogens is 576 g/mol. The Morgan fingerprint density at radius 2 is 1.18 bits per heavy atom. The molecule has 0 aliphatic carbocycles. The largest absolute Gasteiger partial charge is 0.444 e. The predicted molar refractivity (Wildman–Crippen MR) is 180 cm³/mol. The number of amides is 2. The lowest BCUT2D eigenvalue weighted by molar-refractivity contribution is -0.125. The Kier molecular flexibility index (Phi) is 23.6. The van der Waals surface area contributed by atoms with Gasteiger partial charge in [-0.15, -0.1) is 0 Å². The molecule has 3 atom stereocenters. The number of allylic oxidation sites excluding steroid dienone is 1. The second-order valence-corrected chi connectivity index (χ2v) is 13.2. The molecule has 264 valence electrons. The standard InChI is InChI=1S/C14H25NO3.C12H19NO3.C4H8O.C3H8.C2H6O/c1-6-10-8-12(16)9-11(7-2)15(10)13(17)18-14(3,4)5;1-5-9-8-10(14)6-7-13(9)11(15)16-12(2,3)4;1-2-4-5-3-1;1-3-2;1-2-3/h10-11H,6-9H2,1-5H3;6-7,9H,5,8H2,1-4H3;1-4H2;3H2,1-2H3;3H,2H2,1H3/t10-,11+;;;;. The van der Waals surface area contributed by atoms with E-state index in [1.807, 2.05) is 62.3 Å². The molecule has 0 aromatic heterocycles. The third kappa shape index (κ3) is 21.1. The van der Waals surface area contributed by atoms with Crippen molar-refractivity contribution in [1.29, 1.82) is 0 Å². The normalized spacial score (nSPS) is 21.0. The molecule has 0 aromatic rings. The Balaban J connectivity index is 0. The van der Waals surface area contributed by atoms with Crippen LogP contribution in [0.3, 0.4) is 0 Å². The fraction of sp³-hybridized carbons (Fsp3) is 0.829. The van der Waals surface area contributed by atoms with Crippen LogP contribution in [-0.4, -0.2) is 87.8 Å². The molecule has 0 radical (unpaired) electrons. The van der Waals surface area contributed by atoms with Gasteiger partial charge in [0.15, 0.2) is 5.78 Å². The molecule has 10 nitrogen and oxygen atoms in total. The maximum Gasteiger partial charge on any atom is 0.414 e. The second-order valence-electron chi connectivity index (χ2n) is 13.2. The first kappa shape index (κ1) is 44.7. The number of carbonyl (C=O) groups is 4. The Morgan fingerprint density at radius 3 is 1.51 bits per heavy atom. The fourth-order valence-corrected chi connectivity index (χ4v) is 4.46. The van der Waals surface area contributed by atoms with Gasteiger partial charge in [-0.3, -0.25) is 14.5 Å². The minimum absolute atomic E-state index is 0.00829. The lowest BCUT2D eigenvalue weighted by Crippen LogP contribution is -2.53. The number of aliphatic hydroxyl groups excluding tert-OH is 1. The maximum absolute atomic E-state index is 12.3. The smallest absolute Gasteiger partial charge is 0.414 e. The third-order valence-corrected chi connectivity index (χ3v) is 6.41. The predicted octanol–water partition coefficient (Wildman–Crippen LogP) is 7.84. The summed E-state index contributed by atoms with van der Waals surface area (Å²) in [5.74, 6) is 0.320. The quantitative estimate of drug-likeness (QED) is 0.330. The molecule has 2 fully saturated rings. The monoisotopic (exact) mass is 642 g/mol. The van der Waals surface area contributed by atoms with E-state index >= 15 is 0 Å². The van der Waals surface area contributed by atoms with Crippen molar-refractivity contribution in [1.82, 2.24) is 9.80 Å². The number of piperidine rings is 1. The summed E-state index contributed by atoms with van der Waals surface area (Å²) in [6, 6.07) is -0.0931. The molecule has 0 aromatic carbocycles. The molecule has 1 unspecified atom stereocenters. The zero-order chi connectivity index (χ0) is 35.2. The van der Waals surface area contributed by atoms with Gasteiger partial charge in [0.05, 0.1) is 0 Å². The van der Waals surface area contributed by atoms with Crippen molar-refractivity contribution >= 4 is 23.8 Å². The molecule has 3 rings (SSSR count). The number of rotatable bonds is 3. The number of likely N-dealkylation sites (tertiary alicyclic amines) is 1. The highest BCUT2D eigenvalue weighted by molar-refractivity contribution is 5.92. The summed E-state index contributed by atoms with van der Waals surface area (Å²) in [6.07, 6.45) is 9.73. The second kappa shape index (κ2) is 23.8. The minimum atomic E-state index is -0.509. The number of ether oxygens (including phenoxy) is 3. The number of hydrogen-bond acceptors (Lipinski definition) is 8. The van der Waals surface area contributed by atoms with Crippen LogP contribution in [0.1, 0.15) is 141 Å². The first-order valence-corrected chi connectivity index (χ1v) is 16.9. The Morgan fingerprint density at radius 1 is 0.778 bits per heavy atom. The highest BCUT2D eigenvalue weighted by atomic mass is 16.6. The van der Waals surface area contributed by atoms with Crippen molar-refractivity contribution in [2.75, 3.05) is 19.8 Å². The summed E-state index contributed by atoms with van der Waals surface area (Å²) in [5.41, 5.74) is -1.00. The SMILES string of the molecule is C1CCOC1.CCC.CCC1CC(=O)C=CN1C(=O)OC(C)(C)C.CCO.CC[C@@H]1CC(=O)C[C@H](CC)N1C(=O)OC(C)(C)C. The number of carbonyl (C=O) groups excluding carboxylic acids is 4. The van der Waals surface area contributed by atoms with Gasteiger partial charge in [0, 0.05) is 63.4 Å². The number of nitrogens with zero attached hydrogens (tertiary/aromatic N) is 2. The van der Waals surface area contributed by atoms with Crippen molar-refractivity contribution in [3.63, 3.8) is 0 Å². The van der Waals surface area contributed by atoms with Crippen molar-refractivity contribution < 1.29 is 38.5 Å². The third-order valence-electron chi connectivity index (χ3n) is 6.41. The van der Waals surface area contributed by atoms with E-state index in [9.17, 15) is 19.2 Å². The molecule has 2 amide bonds. The van der Waals surface area contributed by atoms with Crippen LogP contribution in [-0.2, 0) is 23.8 Å². The van der Waals surface area contributed by atoms with Crippen LogP contribution >= 0.6 is 0 Å². The van der Waals surface area contributed by atoms with E-state index in [4.69, 9.17) is 19.3 Å². The summed E-state index contributed by atoms with van der Waals surface area (Å²) in [7, 11) is 0. The van der Waals surface area contributed by atoms with Gasteiger partial charge in [0.1, 0.15) is 17.0 Å². The lowest BCUT2D eigenvalue weighted by atomic mass is 9.92. The van der Waals surface area contributed by atoms with E-state index in [2.05, 4.69) is 13.8 Å². The zero-order valence-corrected chi connectivity index (χ0v) is 30.6. The Bertz CT molecular complexity index is 846. The molecule has 3 aliphatic rings. The first-order valence-electron chi connectivity index (χ1n) is 16.9. The molecule has 1 N–H and O–H groups in total. The number of ketones is 2. The average molecular weight is 643 g/mol. The van der Waals surface area contributed by atoms with Gasteiger partial charge >= 0.3 is 12.2 Å². The van der Waals surface area contributed by atoms with E-state index in [1.165, 1.54) is 36.4 Å². The van der Waals surface area contributed by atoms with Crippen LogP contribution in [0.2, 0.25) is 0 Å². The van der Waals surface area contributed by atoms with Crippen LogP contribution in [0.5, 0.6) is 0 Å². The molecule has 3 aliphatic heterocycles. The summed E-state index contributed by atoms with van der Waals surface area (Å²) >= 11 is 0. The molecule has 10 heteroatoms. The summed E-state index contributed by atoms with van der Waals surface area (Å²) in [4.78, 5) is 50.3. The van der Waals surface area contributed by atoms with Crippen LogP contribution in [0.25, 0.3) is 0 Å². The van der Waals surface area contributed by atoms with E-state index in [0.717, 1.165) is 32.5 Å². The Labute approximate surface area is 274 Å². The molecule has 0 spiro atoms. The molecule has 45 heavy (non-hydrogen) atoms. The molecule has 0 bridgehead atoms. The van der Waals surface area contributed by atoms with E-state index in [1.54, 1.807) is 11.8 Å². The van der Waals surface area contributed by atoms with Gasteiger partial charge in [-0.05, 0) is 86.6 Å². The Hall–Kier alpha value is -2.46. The summed E-state index contributed by atoms with van der Waals surface area (Å²) in [6.45, 7) is 25.2. The topological polar surface area (TPSA) is 123 Å². The zero-order valence-electron chi connectivity index (χ0n) is 30.6. The first-order chi connectivity index (χ1) is 20.9. The van der Waals surface area contributed by atoms with E-state index < -0.39 is 11.2 Å². The number of Topliss-reactive ketones (excluding diaryl/α,β-unsaturated/α-hetero) is 1. The van der Waals surface area contributed by atoms with Crippen molar-refractivity contribution in [2.45, 2.75) is 170 Å². The van der Waals surface area contributed by atoms with E-state index in [-0.39, 0.29) is 48.5 Å².